The van der Waals surface area contributed by atoms with E-state index in [1.54, 1.807) is 6.07 Å². The second kappa shape index (κ2) is 9.07. The van der Waals surface area contributed by atoms with Crippen molar-refractivity contribution in [3.05, 3.63) is 68.7 Å². The average Bonchev–Trinajstić information content (AvgIpc) is 2.65. The number of benzene rings is 2. The molecule has 0 saturated carbocycles. The average molecular weight is 426 g/mol. The Bertz CT molecular complexity index is 1020. The number of hydrogen-bond acceptors (Lipinski definition) is 5. The Labute approximate surface area is 167 Å². The number of carbonyl (C=O) groups excluding carboxylic acids is 1. The van der Waals surface area contributed by atoms with Crippen LogP contribution in [-0.4, -0.2) is 23.6 Å². The van der Waals surface area contributed by atoms with Crippen LogP contribution in [0.2, 0.25) is 5.02 Å². The zero-order valence-electron chi connectivity index (χ0n) is 14.4. The van der Waals surface area contributed by atoms with Gasteiger partial charge in [-0.25, -0.2) is 0 Å². The Morgan fingerprint density at radius 1 is 1.31 bits per heavy atom. The van der Waals surface area contributed by atoms with Crippen molar-refractivity contribution in [2.24, 2.45) is 0 Å². The summed E-state index contributed by atoms with van der Waals surface area (Å²) in [5, 5.41) is 22.3. The molecule has 0 fully saturated rings. The molecule has 0 heterocycles. The van der Waals surface area contributed by atoms with Crippen LogP contribution in [0.15, 0.2) is 42.5 Å². The summed E-state index contributed by atoms with van der Waals surface area (Å²) in [7, 11) is 0. The number of ether oxygens (including phenoxy) is 1. The number of nitriles is 1. The van der Waals surface area contributed by atoms with Crippen LogP contribution in [0.4, 0.5) is 24.5 Å². The molecule has 0 atom stereocenters. The van der Waals surface area contributed by atoms with Crippen molar-refractivity contribution >= 4 is 35.0 Å². The topological polar surface area (TPSA) is 105 Å². The van der Waals surface area contributed by atoms with E-state index in [4.69, 9.17) is 16.9 Å². The molecule has 2 aromatic rings. The fraction of sp³-hybridized carbons (Fsp3) is 0.111. The molecule has 29 heavy (non-hydrogen) atoms. The van der Waals surface area contributed by atoms with Crippen molar-refractivity contribution in [3.8, 4) is 11.8 Å². The lowest BCUT2D eigenvalue weighted by molar-refractivity contribution is -0.384. The van der Waals surface area contributed by atoms with Gasteiger partial charge in [-0.1, -0.05) is 17.7 Å². The van der Waals surface area contributed by atoms with Gasteiger partial charge >= 0.3 is 6.18 Å². The van der Waals surface area contributed by atoms with E-state index in [2.05, 4.69) is 10.1 Å². The van der Waals surface area contributed by atoms with Gasteiger partial charge in [0.05, 0.1) is 10.5 Å². The minimum atomic E-state index is -4.55. The van der Waals surface area contributed by atoms with Gasteiger partial charge in [0, 0.05) is 17.8 Å². The standard InChI is InChI=1S/C18H11ClF3N3O4/c19-14-4-1-11(7-15(14)25(27)28)2-6-17(26)24-13-3-5-16(12(8-13)9-23)29-10-18(20,21)22/h1-8H,10H2,(H,24,26)/b6-2+. The summed E-state index contributed by atoms with van der Waals surface area (Å²) in [6.07, 6.45) is -2.15. The third kappa shape index (κ3) is 6.51. The number of carbonyl (C=O) groups is 1. The zero-order valence-corrected chi connectivity index (χ0v) is 15.1. The fourth-order valence-corrected chi connectivity index (χ4v) is 2.30. The van der Waals surface area contributed by atoms with E-state index in [-0.39, 0.29) is 27.7 Å². The summed E-state index contributed by atoms with van der Waals surface area (Å²) < 4.78 is 41.2. The highest BCUT2D eigenvalue weighted by atomic mass is 35.5. The normalized spacial score (nSPS) is 11.1. The molecule has 0 aliphatic carbocycles. The molecule has 150 valence electrons. The molecular weight excluding hydrogens is 415 g/mol. The summed E-state index contributed by atoms with van der Waals surface area (Å²) in [6.45, 7) is -1.55. The van der Waals surface area contributed by atoms with E-state index in [9.17, 15) is 28.1 Å². The Balaban J connectivity index is 2.09. The maximum atomic E-state index is 12.2. The predicted molar refractivity (Wildman–Crippen MR) is 98.5 cm³/mol. The first kappa shape index (κ1) is 21.7. The number of nitrogens with one attached hydrogen (secondary N) is 1. The molecule has 2 aromatic carbocycles. The number of alkyl halides is 3. The van der Waals surface area contributed by atoms with Gasteiger partial charge in [0.1, 0.15) is 16.8 Å². The summed E-state index contributed by atoms with van der Waals surface area (Å²) in [6, 6.07) is 9.22. The van der Waals surface area contributed by atoms with Gasteiger partial charge in [-0.3, -0.25) is 14.9 Å². The van der Waals surface area contributed by atoms with E-state index in [0.29, 0.717) is 5.56 Å². The number of hydrogen-bond donors (Lipinski definition) is 1. The SMILES string of the molecule is N#Cc1cc(NC(=O)/C=C/c2ccc(Cl)c([N+](=O)[O-])c2)ccc1OCC(F)(F)F. The number of amides is 1. The summed E-state index contributed by atoms with van der Waals surface area (Å²) in [5.74, 6) is -0.901. The lowest BCUT2D eigenvalue weighted by Gasteiger charge is -2.11. The molecule has 1 amide bonds. The van der Waals surface area contributed by atoms with Crippen LogP contribution in [0.5, 0.6) is 5.75 Å². The predicted octanol–water partition coefficient (Wildman–Crippen LogP) is 4.71. The summed E-state index contributed by atoms with van der Waals surface area (Å²) in [5.41, 5.74) is -0.00537. The van der Waals surface area contributed by atoms with Crippen molar-refractivity contribution in [2.45, 2.75) is 6.18 Å². The maximum absolute atomic E-state index is 12.2. The summed E-state index contributed by atoms with van der Waals surface area (Å²) >= 11 is 5.71. The summed E-state index contributed by atoms with van der Waals surface area (Å²) in [4.78, 5) is 22.2. The quantitative estimate of drug-likeness (QED) is 0.410. The molecule has 0 aliphatic rings. The molecule has 2 rings (SSSR count). The molecule has 7 nitrogen and oxygen atoms in total. The van der Waals surface area contributed by atoms with Crippen LogP contribution in [0.25, 0.3) is 6.08 Å². The van der Waals surface area contributed by atoms with Gasteiger partial charge < -0.3 is 10.1 Å². The van der Waals surface area contributed by atoms with Crippen molar-refractivity contribution < 1.29 is 27.6 Å². The van der Waals surface area contributed by atoms with Crippen LogP contribution in [0.3, 0.4) is 0 Å². The van der Waals surface area contributed by atoms with E-state index in [1.807, 2.05) is 0 Å². The number of nitrogens with zero attached hydrogens (tertiary/aromatic N) is 2. The first-order valence-corrected chi connectivity index (χ1v) is 8.13. The van der Waals surface area contributed by atoms with E-state index < -0.39 is 23.6 Å². The lowest BCUT2D eigenvalue weighted by atomic mass is 10.1. The lowest BCUT2D eigenvalue weighted by Crippen LogP contribution is -2.19. The monoisotopic (exact) mass is 425 g/mol. The van der Waals surface area contributed by atoms with Crippen LogP contribution in [0.1, 0.15) is 11.1 Å². The van der Waals surface area contributed by atoms with E-state index >= 15 is 0 Å². The smallest absolute Gasteiger partial charge is 0.422 e. The number of nitro benzene ring substituents is 1. The molecule has 11 heteroatoms. The molecular formula is C18H11ClF3N3O4. The second-order valence-electron chi connectivity index (χ2n) is 5.52. The molecule has 1 N–H and O–H groups in total. The molecule has 0 spiro atoms. The molecule has 0 radical (unpaired) electrons. The van der Waals surface area contributed by atoms with E-state index in [0.717, 1.165) is 18.2 Å². The van der Waals surface area contributed by atoms with Gasteiger partial charge in [0.25, 0.3) is 5.69 Å². The maximum Gasteiger partial charge on any atom is 0.422 e. The number of anilines is 1. The Morgan fingerprint density at radius 3 is 2.66 bits per heavy atom. The fourth-order valence-electron chi connectivity index (χ4n) is 2.11. The highest BCUT2D eigenvalue weighted by Gasteiger charge is 2.28. The van der Waals surface area contributed by atoms with E-state index in [1.165, 1.54) is 30.3 Å². The van der Waals surface area contributed by atoms with Gasteiger partial charge in [-0.2, -0.15) is 18.4 Å². The van der Waals surface area contributed by atoms with Crippen molar-refractivity contribution in [3.63, 3.8) is 0 Å². The third-order valence-electron chi connectivity index (χ3n) is 3.35. The molecule has 0 saturated heterocycles. The highest BCUT2D eigenvalue weighted by Crippen LogP contribution is 2.26. The Morgan fingerprint density at radius 2 is 2.03 bits per heavy atom. The first-order chi connectivity index (χ1) is 13.6. The number of rotatable bonds is 6. The number of nitro groups is 1. The first-order valence-electron chi connectivity index (χ1n) is 7.76. The van der Waals surface area contributed by atoms with Crippen LogP contribution in [0, 0.1) is 21.4 Å². The zero-order chi connectivity index (χ0) is 21.6. The van der Waals surface area contributed by atoms with Crippen molar-refractivity contribution in [1.82, 2.24) is 0 Å². The van der Waals surface area contributed by atoms with Gasteiger partial charge in [0.2, 0.25) is 5.91 Å². The Kier molecular flexibility index (Phi) is 6.80. The van der Waals surface area contributed by atoms with Crippen molar-refractivity contribution in [2.75, 3.05) is 11.9 Å². The molecule has 0 aliphatic heterocycles. The second-order valence-corrected chi connectivity index (χ2v) is 5.92. The molecule has 0 bridgehead atoms. The third-order valence-corrected chi connectivity index (χ3v) is 3.67. The van der Waals surface area contributed by atoms with Crippen molar-refractivity contribution in [1.29, 1.82) is 5.26 Å². The Hall–Kier alpha value is -3.58. The minimum Gasteiger partial charge on any atom is -0.483 e. The molecule has 0 unspecified atom stereocenters. The highest BCUT2D eigenvalue weighted by molar-refractivity contribution is 6.32. The van der Waals surface area contributed by atoms with Gasteiger partial charge in [0.15, 0.2) is 6.61 Å². The molecule has 0 aromatic heterocycles. The largest absolute Gasteiger partial charge is 0.483 e. The van der Waals surface area contributed by atoms with Crippen LogP contribution in [-0.2, 0) is 4.79 Å². The van der Waals surface area contributed by atoms with Gasteiger partial charge in [-0.05, 0) is 35.9 Å². The number of halogens is 4. The minimum absolute atomic E-state index is 0.0477. The van der Waals surface area contributed by atoms with Crippen LogP contribution >= 0.6 is 11.6 Å². The van der Waals surface area contributed by atoms with Crippen LogP contribution < -0.4 is 10.1 Å². The van der Waals surface area contributed by atoms with Gasteiger partial charge in [-0.15, -0.1) is 0 Å².